The van der Waals surface area contributed by atoms with Crippen LogP contribution in [0.5, 0.6) is 0 Å². The number of hydrogen-bond acceptors (Lipinski definition) is 5. The van der Waals surface area contributed by atoms with Gasteiger partial charge in [0.15, 0.2) is 0 Å². The third-order valence-corrected chi connectivity index (χ3v) is 3.83. The Balaban J connectivity index is 2.04. The van der Waals surface area contributed by atoms with E-state index in [9.17, 15) is 9.59 Å². The summed E-state index contributed by atoms with van der Waals surface area (Å²) in [4.78, 5) is 30.3. The van der Waals surface area contributed by atoms with Crippen molar-refractivity contribution in [2.45, 2.75) is 33.2 Å². The van der Waals surface area contributed by atoms with E-state index in [0.717, 1.165) is 0 Å². The van der Waals surface area contributed by atoms with Gasteiger partial charge >= 0.3 is 0 Å². The molecule has 0 aliphatic heterocycles. The molecule has 2 rings (SSSR count). The lowest BCUT2D eigenvalue weighted by Crippen LogP contribution is -2.47. The predicted octanol–water partition coefficient (Wildman–Crippen LogP) is 2.10. The summed E-state index contributed by atoms with van der Waals surface area (Å²) in [5.74, 6) is -0.368. The van der Waals surface area contributed by atoms with E-state index in [0.29, 0.717) is 22.9 Å². The second-order valence-corrected chi connectivity index (χ2v) is 7.59. The van der Waals surface area contributed by atoms with Gasteiger partial charge in [0.2, 0.25) is 11.8 Å². The lowest BCUT2D eigenvalue weighted by molar-refractivity contribution is -0.124. The van der Waals surface area contributed by atoms with Gasteiger partial charge in [-0.2, -0.15) is 5.10 Å². The van der Waals surface area contributed by atoms with Gasteiger partial charge in [-0.05, 0) is 45.5 Å². The Morgan fingerprint density at radius 3 is 2.52 bits per heavy atom. The molecular formula is C18H25ClN6O2. The fourth-order valence-electron chi connectivity index (χ4n) is 2.47. The van der Waals surface area contributed by atoms with Gasteiger partial charge in [-0.15, -0.1) is 0 Å². The number of rotatable bonds is 7. The SMILES string of the molecule is CCN(CC(=O)Nc1cc(Cl)ccc1-n1cncn1)CC(=O)NC(C)(C)C. The smallest absolute Gasteiger partial charge is 0.238 e. The minimum absolute atomic E-state index is 0.0807. The van der Waals surface area contributed by atoms with E-state index in [-0.39, 0.29) is 30.4 Å². The Labute approximate surface area is 163 Å². The predicted molar refractivity (Wildman–Crippen MR) is 105 cm³/mol. The summed E-state index contributed by atoms with van der Waals surface area (Å²) in [6.45, 7) is 8.44. The van der Waals surface area contributed by atoms with Gasteiger partial charge in [0, 0.05) is 10.6 Å². The van der Waals surface area contributed by atoms with Crippen LogP contribution < -0.4 is 10.6 Å². The van der Waals surface area contributed by atoms with Gasteiger partial charge in [-0.3, -0.25) is 14.5 Å². The molecule has 2 amide bonds. The zero-order valence-electron chi connectivity index (χ0n) is 16.0. The van der Waals surface area contributed by atoms with Gasteiger partial charge in [0.05, 0.1) is 24.5 Å². The molecule has 27 heavy (non-hydrogen) atoms. The molecule has 0 radical (unpaired) electrons. The van der Waals surface area contributed by atoms with Crippen LogP contribution in [0.1, 0.15) is 27.7 Å². The van der Waals surface area contributed by atoms with Gasteiger partial charge in [0.25, 0.3) is 0 Å². The van der Waals surface area contributed by atoms with E-state index in [1.54, 1.807) is 27.8 Å². The van der Waals surface area contributed by atoms with E-state index in [1.165, 1.54) is 12.7 Å². The Morgan fingerprint density at radius 1 is 1.22 bits per heavy atom. The van der Waals surface area contributed by atoms with Crippen LogP contribution in [-0.2, 0) is 9.59 Å². The van der Waals surface area contributed by atoms with Crippen LogP contribution in [0, 0.1) is 0 Å². The summed E-state index contributed by atoms with van der Waals surface area (Å²) < 4.78 is 1.54. The Kier molecular flexibility index (Phi) is 6.92. The van der Waals surface area contributed by atoms with Gasteiger partial charge in [-0.25, -0.2) is 9.67 Å². The molecule has 0 saturated heterocycles. The molecule has 0 saturated carbocycles. The number of amides is 2. The second-order valence-electron chi connectivity index (χ2n) is 7.15. The highest BCUT2D eigenvalue weighted by atomic mass is 35.5. The highest BCUT2D eigenvalue weighted by Crippen LogP contribution is 2.23. The average Bonchev–Trinajstić information content (AvgIpc) is 3.06. The number of likely N-dealkylation sites (N-methyl/N-ethyl adjacent to an activating group) is 1. The number of anilines is 1. The molecule has 1 aromatic heterocycles. The summed E-state index contributed by atoms with van der Waals surface area (Å²) in [7, 11) is 0. The van der Waals surface area contributed by atoms with Crippen LogP contribution in [0.3, 0.4) is 0 Å². The topological polar surface area (TPSA) is 92.2 Å². The third kappa shape index (κ3) is 6.65. The Morgan fingerprint density at radius 2 is 1.93 bits per heavy atom. The van der Waals surface area contributed by atoms with Crippen LogP contribution >= 0.6 is 11.6 Å². The number of carbonyl (C=O) groups excluding carboxylic acids is 2. The van der Waals surface area contributed by atoms with Crippen LogP contribution in [-0.4, -0.2) is 56.7 Å². The molecule has 9 heteroatoms. The van der Waals surface area contributed by atoms with Crippen molar-refractivity contribution in [3.05, 3.63) is 35.9 Å². The zero-order valence-corrected chi connectivity index (χ0v) is 16.7. The number of carbonyl (C=O) groups is 2. The normalized spacial score (nSPS) is 11.5. The quantitative estimate of drug-likeness (QED) is 0.752. The van der Waals surface area contributed by atoms with Gasteiger partial charge in [0.1, 0.15) is 12.7 Å². The number of nitrogens with zero attached hydrogens (tertiary/aromatic N) is 4. The van der Waals surface area contributed by atoms with Gasteiger partial charge < -0.3 is 10.6 Å². The third-order valence-electron chi connectivity index (χ3n) is 3.59. The average molecular weight is 393 g/mol. The first-order valence-electron chi connectivity index (χ1n) is 8.65. The molecule has 1 heterocycles. The summed E-state index contributed by atoms with van der Waals surface area (Å²) in [5.41, 5.74) is 0.860. The maximum absolute atomic E-state index is 12.5. The van der Waals surface area contributed by atoms with E-state index < -0.39 is 0 Å². The minimum atomic E-state index is -0.313. The molecule has 1 aromatic carbocycles. The molecule has 0 aliphatic rings. The first-order valence-corrected chi connectivity index (χ1v) is 9.03. The largest absolute Gasteiger partial charge is 0.350 e. The summed E-state index contributed by atoms with van der Waals surface area (Å²) in [6.07, 6.45) is 2.95. The molecule has 0 spiro atoms. The lowest BCUT2D eigenvalue weighted by Gasteiger charge is -2.24. The van der Waals surface area contributed by atoms with Crippen molar-refractivity contribution in [2.24, 2.45) is 0 Å². The van der Waals surface area contributed by atoms with E-state index in [1.807, 2.05) is 27.7 Å². The highest BCUT2D eigenvalue weighted by Gasteiger charge is 2.18. The molecule has 0 atom stereocenters. The molecule has 2 N–H and O–H groups in total. The molecule has 0 unspecified atom stereocenters. The zero-order chi connectivity index (χ0) is 20.0. The number of benzene rings is 1. The molecular weight excluding hydrogens is 368 g/mol. The second kappa shape index (κ2) is 8.96. The van der Waals surface area contributed by atoms with Crippen LogP contribution in [0.2, 0.25) is 5.02 Å². The Bertz CT molecular complexity index is 786. The van der Waals surface area contributed by atoms with Crippen LogP contribution in [0.4, 0.5) is 5.69 Å². The molecule has 2 aromatic rings. The number of aromatic nitrogens is 3. The van der Waals surface area contributed by atoms with Gasteiger partial charge in [-0.1, -0.05) is 18.5 Å². The van der Waals surface area contributed by atoms with Crippen molar-refractivity contribution in [1.82, 2.24) is 25.0 Å². The minimum Gasteiger partial charge on any atom is -0.350 e. The van der Waals surface area contributed by atoms with Crippen molar-refractivity contribution >= 4 is 29.1 Å². The molecule has 146 valence electrons. The molecule has 0 bridgehead atoms. The van der Waals surface area contributed by atoms with E-state index >= 15 is 0 Å². The first kappa shape index (κ1) is 20.9. The summed E-state index contributed by atoms with van der Waals surface area (Å²) in [6, 6.07) is 5.11. The van der Waals surface area contributed by atoms with Crippen LogP contribution in [0.25, 0.3) is 5.69 Å². The van der Waals surface area contributed by atoms with E-state index in [2.05, 4.69) is 20.7 Å². The number of nitrogens with one attached hydrogen (secondary N) is 2. The number of hydrogen-bond donors (Lipinski definition) is 2. The lowest BCUT2D eigenvalue weighted by atomic mass is 10.1. The first-order chi connectivity index (χ1) is 12.7. The maximum Gasteiger partial charge on any atom is 0.238 e. The van der Waals surface area contributed by atoms with Crippen molar-refractivity contribution in [1.29, 1.82) is 0 Å². The Hall–Kier alpha value is -2.45. The van der Waals surface area contributed by atoms with Crippen molar-refractivity contribution in [3.8, 4) is 5.69 Å². The summed E-state index contributed by atoms with van der Waals surface area (Å²) >= 11 is 6.07. The highest BCUT2D eigenvalue weighted by molar-refractivity contribution is 6.31. The molecule has 0 aliphatic carbocycles. The molecule has 0 fully saturated rings. The fraction of sp³-hybridized carbons (Fsp3) is 0.444. The maximum atomic E-state index is 12.5. The monoisotopic (exact) mass is 392 g/mol. The van der Waals surface area contributed by atoms with E-state index in [4.69, 9.17) is 11.6 Å². The fourth-order valence-corrected chi connectivity index (χ4v) is 2.65. The van der Waals surface area contributed by atoms with Crippen molar-refractivity contribution in [2.75, 3.05) is 25.0 Å². The van der Waals surface area contributed by atoms with Crippen molar-refractivity contribution < 1.29 is 9.59 Å². The molecule has 8 nitrogen and oxygen atoms in total. The van der Waals surface area contributed by atoms with Crippen LogP contribution in [0.15, 0.2) is 30.9 Å². The van der Waals surface area contributed by atoms with Crippen molar-refractivity contribution in [3.63, 3.8) is 0 Å². The standard InChI is InChI=1S/C18H25ClN6O2/c1-5-24(10-17(27)23-18(2,3)4)9-16(26)22-14-8-13(19)6-7-15(14)25-12-20-11-21-25/h6-8,11-12H,5,9-10H2,1-4H3,(H,22,26)(H,23,27). The summed E-state index contributed by atoms with van der Waals surface area (Å²) in [5, 5.41) is 10.3. The number of halogens is 1.